The summed E-state index contributed by atoms with van der Waals surface area (Å²) in [6.45, 7) is 2.64. The van der Waals surface area contributed by atoms with Crippen molar-refractivity contribution in [2.45, 2.75) is 0 Å². The van der Waals surface area contributed by atoms with E-state index in [0.717, 1.165) is 0 Å². The van der Waals surface area contributed by atoms with E-state index in [0.29, 0.717) is 33.0 Å². The van der Waals surface area contributed by atoms with Crippen LogP contribution in [0.2, 0.25) is 0 Å². The zero-order chi connectivity index (χ0) is 7.66. The molecule has 2 N–H and O–H groups in total. The molecule has 10 heavy (non-hydrogen) atoms. The first kappa shape index (κ1) is 9.84. The van der Waals surface area contributed by atoms with Crippen LogP contribution >= 0.6 is 0 Å². The second-order valence-corrected chi connectivity index (χ2v) is 1.74. The van der Waals surface area contributed by atoms with E-state index >= 15 is 0 Å². The number of rotatable bonds is 7. The third kappa shape index (κ3) is 7.84. The monoisotopic (exact) mass is 146 g/mol. The van der Waals surface area contributed by atoms with Crippen molar-refractivity contribution in [3.63, 3.8) is 0 Å². The third-order valence-corrected chi connectivity index (χ3v) is 0.870. The predicted octanol–water partition coefficient (Wildman–Crippen LogP) is -0.953. The molecule has 0 aromatic rings. The van der Waals surface area contributed by atoms with Crippen molar-refractivity contribution in [3.8, 4) is 0 Å². The van der Waals surface area contributed by atoms with E-state index in [-0.39, 0.29) is 6.54 Å². The lowest BCUT2D eigenvalue weighted by Crippen LogP contribution is -2.13. The summed E-state index contributed by atoms with van der Waals surface area (Å²) >= 11 is 0. The van der Waals surface area contributed by atoms with Crippen LogP contribution in [0.1, 0.15) is 0 Å². The minimum atomic E-state index is 0.0664. The molecule has 0 rings (SSSR count). The highest BCUT2D eigenvalue weighted by molar-refractivity contribution is 4.33. The van der Waals surface area contributed by atoms with Crippen molar-refractivity contribution >= 4 is 0 Å². The van der Waals surface area contributed by atoms with Crippen molar-refractivity contribution in [3.05, 3.63) is 0 Å². The molecule has 0 amide bonds. The average molecular weight is 146 g/mol. The van der Waals surface area contributed by atoms with Crippen LogP contribution in [0.4, 0.5) is 0 Å². The fourth-order valence-electron chi connectivity index (χ4n) is 0.470. The Morgan fingerprint density at radius 3 is 2.10 bits per heavy atom. The van der Waals surface area contributed by atoms with E-state index in [4.69, 9.17) is 20.9 Å². The SMILES string of the molecule is [N]CCOCCOCCN. The van der Waals surface area contributed by atoms with Crippen LogP contribution in [0, 0.1) is 0 Å². The van der Waals surface area contributed by atoms with Crippen molar-refractivity contribution in [1.82, 2.24) is 5.73 Å². The molecular weight excluding hydrogens is 132 g/mol. The fourth-order valence-corrected chi connectivity index (χ4v) is 0.470. The molecule has 60 valence electrons. The highest BCUT2D eigenvalue weighted by Gasteiger charge is 1.86. The van der Waals surface area contributed by atoms with Crippen LogP contribution in [-0.4, -0.2) is 39.5 Å². The van der Waals surface area contributed by atoms with Crippen LogP contribution in [0.3, 0.4) is 0 Å². The van der Waals surface area contributed by atoms with Crippen LogP contribution in [-0.2, 0) is 9.47 Å². The number of ether oxygens (including phenoxy) is 2. The molecule has 0 spiro atoms. The fraction of sp³-hybridized carbons (Fsp3) is 1.00. The molecule has 0 aromatic heterocycles. The highest BCUT2D eigenvalue weighted by Crippen LogP contribution is 1.75. The zero-order valence-electron chi connectivity index (χ0n) is 6.08. The molecule has 0 aliphatic carbocycles. The Morgan fingerprint density at radius 2 is 1.60 bits per heavy atom. The summed E-state index contributed by atoms with van der Waals surface area (Å²) in [5, 5.41) is 0. The summed E-state index contributed by atoms with van der Waals surface area (Å²) in [7, 11) is 0. The molecule has 0 heterocycles. The molecule has 0 unspecified atom stereocenters. The van der Waals surface area contributed by atoms with Gasteiger partial charge in [-0.3, -0.25) is 0 Å². The van der Waals surface area contributed by atoms with Gasteiger partial charge in [-0.1, -0.05) is 0 Å². The molecule has 0 atom stereocenters. The van der Waals surface area contributed by atoms with Gasteiger partial charge in [0, 0.05) is 6.54 Å². The highest BCUT2D eigenvalue weighted by atomic mass is 16.5. The molecule has 0 fully saturated rings. The standard InChI is InChI=1S/C6H14N2O2/c7-1-3-9-5-6-10-4-2-8/h1-7H2. The molecule has 0 bridgehead atoms. The quantitative estimate of drug-likeness (QED) is 0.471. The maximum atomic E-state index is 8.28. The van der Waals surface area contributed by atoms with Crippen LogP contribution in [0.15, 0.2) is 0 Å². The second kappa shape index (κ2) is 8.84. The van der Waals surface area contributed by atoms with Crippen LogP contribution in [0.5, 0.6) is 0 Å². The largest absolute Gasteiger partial charge is 0.378 e. The van der Waals surface area contributed by atoms with Crippen LogP contribution in [0.25, 0.3) is 0 Å². The van der Waals surface area contributed by atoms with Gasteiger partial charge in [0.05, 0.1) is 33.0 Å². The smallest absolute Gasteiger partial charge is 0.0701 e. The Labute approximate surface area is 61.5 Å². The van der Waals surface area contributed by atoms with Crippen molar-refractivity contribution in [2.24, 2.45) is 5.73 Å². The van der Waals surface area contributed by atoms with Gasteiger partial charge in [-0.15, -0.1) is 5.73 Å². The minimum Gasteiger partial charge on any atom is -0.378 e. The molecule has 0 aliphatic rings. The van der Waals surface area contributed by atoms with Crippen molar-refractivity contribution < 1.29 is 9.47 Å². The van der Waals surface area contributed by atoms with E-state index in [2.05, 4.69) is 0 Å². The average Bonchev–Trinajstić information content (AvgIpc) is 1.97. The van der Waals surface area contributed by atoms with E-state index in [1.54, 1.807) is 0 Å². The van der Waals surface area contributed by atoms with Gasteiger partial charge in [-0.05, 0) is 0 Å². The van der Waals surface area contributed by atoms with Gasteiger partial charge in [0.1, 0.15) is 0 Å². The van der Waals surface area contributed by atoms with E-state index in [1.165, 1.54) is 0 Å². The molecule has 0 aromatic carbocycles. The molecule has 0 saturated heterocycles. The second-order valence-electron chi connectivity index (χ2n) is 1.74. The van der Waals surface area contributed by atoms with E-state index < -0.39 is 0 Å². The predicted molar refractivity (Wildman–Crippen MR) is 37.7 cm³/mol. The molecule has 0 saturated carbocycles. The zero-order valence-corrected chi connectivity index (χ0v) is 6.08. The van der Waals surface area contributed by atoms with Crippen molar-refractivity contribution in [1.29, 1.82) is 0 Å². The molecule has 4 nitrogen and oxygen atoms in total. The Bertz CT molecular complexity index is 53.7. The van der Waals surface area contributed by atoms with Gasteiger partial charge in [0.15, 0.2) is 0 Å². The first-order valence-electron chi connectivity index (χ1n) is 3.38. The molecule has 4 heteroatoms. The lowest BCUT2D eigenvalue weighted by atomic mass is 10.7. The van der Waals surface area contributed by atoms with Gasteiger partial charge in [-0.25, -0.2) is 0 Å². The van der Waals surface area contributed by atoms with E-state index in [9.17, 15) is 0 Å². The molecular formula is C6H14N2O2. The van der Waals surface area contributed by atoms with Gasteiger partial charge in [-0.2, -0.15) is 0 Å². The maximum absolute atomic E-state index is 8.28. The summed E-state index contributed by atoms with van der Waals surface area (Å²) in [6, 6.07) is 0. The summed E-state index contributed by atoms with van der Waals surface area (Å²) in [4.78, 5) is 0. The van der Waals surface area contributed by atoms with Gasteiger partial charge >= 0.3 is 0 Å². The topological polar surface area (TPSA) is 66.8 Å². The number of nitrogens with two attached hydrogens (primary N) is 1. The third-order valence-electron chi connectivity index (χ3n) is 0.870. The summed E-state index contributed by atoms with van der Waals surface area (Å²) < 4.78 is 9.91. The first-order valence-corrected chi connectivity index (χ1v) is 3.38. The Morgan fingerprint density at radius 1 is 1.00 bits per heavy atom. The van der Waals surface area contributed by atoms with Gasteiger partial charge < -0.3 is 15.2 Å². The Balaban J connectivity index is 2.65. The lowest BCUT2D eigenvalue weighted by Gasteiger charge is -2.01. The molecule has 2 radical (unpaired) electrons. The summed E-state index contributed by atoms with van der Waals surface area (Å²) in [5.41, 5.74) is 13.4. The summed E-state index contributed by atoms with van der Waals surface area (Å²) in [6.07, 6.45) is 0. The van der Waals surface area contributed by atoms with Gasteiger partial charge in [0.2, 0.25) is 0 Å². The van der Waals surface area contributed by atoms with Crippen molar-refractivity contribution in [2.75, 3.05) is 39.5 Å². The van der Waals surface area contributed by atoms with Gasteiger partial charge in [0.25, 0.3) is 0 Å². The number of hydrogen-bond acceptors (Lipinski definition) is 3. The lowest BCUT2D eigenvalue weighted by molar-refractivity contribution is 0.0535. The minimum absolute atomic E-state index is 0.0664. The summed E-state index contributed by atoms with van der Waals surface area (Å²) in [5.74, 6) is 0. The first-order chi connectivity index (χ1) is 4.91. The number of nitrogens with zero attached hydrogens (tertiary/aromatic N) is 1. The normalized spacial score (nSPS) is 10.2. The number of hydrogen-bond donors (Lipinski definition) is 1. The Hall–Kier alpha value is -0.160. The van der Waals surface area contributed by atoms with Crippen LogP contribution < -0.4 is 11.5 Å². The molecule has 0 aliphatic heterocycles. The maximum Gasteiger partial charge on any atom is 0.0701 e. The Kier molecular flexibility index (Phi) is 8.70. The van der Waals surface area contributed by atoms with E-state index in [1.807, 2.05) is 0 Å².